The van der Waals surface area contributed by atoms with Crippen LogP contribution in [0, 0.1) is 11.3 Å². The molecule has 0 amide bonds. The summed E-state index contributed by atoms with van der Waals surface area (Å²) in [5, 5.41) is 18.8. The molecule has 0 unspecified atom stereocenters. The third-order valence-electron chi connectivity index (χ3n) is 7.07. The van der Waals surface area contributed by atoms with Gasteiger partial charge in [0, 0.05) is 17.1 Å². The number of rotatable bonds is 7. The smallest absolute Gasteiger partial charge is 0.346 e. The molecule has 3 aromatic carbocycles. The van der Waals surface area contributed by atoms with Crippen molar-refractivity contribution >= 4 is 51.8 Å². The largest absolute Gasteiger partial charge is 0.485 e. The van der Waals surface area contributed by atoms with Gasteiger partial charge in [0.1, 0.15) is 38.1 Å². The SMILES string of the molecule is N#C/C(=C\c1sc(-c2sc(-c3ccc(N(c4ccccc4)c4ccccc4)cc3)c3c2OCCO3)c2c1OCCO2)C(=O)O. The number of aliphatic carboxylic acids is 1. The van der Waals surface area contributed by atoms with Gasteiger partial charge in [0.05, 0.1) is 19.5 Å². The number of nitrogens with zero attached hydrogens (tertiary/aromatic N) is 2. The Hall–Kier alpha value is -5.24. The number of anilines is 3. The molecule has 218 valence electrons. The van der Waals surface area contributed by atoms with Crippen molar-refractivity contribution in [1.29, 1.82) is 5.26 Å². The molecule has 4 heterocycles. The molecule has 0 spiro atoms. The van der Waals surface area contributed by atoms with E-state index in [1.807, 2.05) is 36.4 Å². The Morgan fingerprint density at radius 3 is 1.70 bits per heavy atom. The number of carboxylic acid groups (broad SMARTS) is 1. The first-order valence-corrected chi connectivity index (χ1v) is 15.5. The summed E-state index contributed by atoms with van der Waals surface area (Å²) in [6.45, 7) is 1.49. The molecule has 0 aliphatic carbocycles. The molecule has 0 fully saturated rings. The van der Waals surface area contributed by atoms with Crippen molar-refractivity contribution in [3.05, 3.63) is 95.4 Å². The number of benzene rings is 3. The molecule has 10 heteroatoms. The fourth-order valence-electron chi connectivity index (χ4n) is 5.14. The summed E-state index contributed by atoms with van der Waals surface area (Å²) in [7, 11) is 0. The van der Waals surface area contributed by atoms with Crippen LogP contribution in [0.3, 0.4) is 0 Å². The van der Waals surface area contributed by atoms with E-state index in [0.717, 1.165) is 37.3 Å². The Labute approximate surface area is 261 Å². The highest BCUT2D eigenvalue weighted by Crippen LogP contribution is 2.60. The molecule has 0 atom stereocenters. The first kappa shape index (κ1) is 27.6. The Morgan fingerprint density at radius 2 is 1.16 bits per heavy atom. The second-order valence-corrected chi connectivity index (χ2v) is 11.9. The highest BCUT2D eigenvalue weighted by molar-refractivity contribution is 7.25. The summed E-state index contributed by atoms with van der Waals surface area (Å²) >= 11 is 2.81. The van der Waals surface area contributed by atoms with Crippen LogP contribution in [0.15, 0.2) is 90.5 Å². The standard InChI is InChI=1S/C34H24N2O6S2/c35-20-22(34(37)38)19-26-27-28(40-16-15-39-27)32(43-26)33-30-29(41-17-18-42-30)31(44-33)21-11-13-25(14-12-21)36(23-7-3-1-4-8-23)24-9-5-2-6-10-24/h1-14,19H,15-18H2,(H,37,38)/b22-19+. The van der Waals surface area contributed by atoms with Crippen molar-refractivity contribution in [2.24, 2.45) is 0 Å². The molecule has 44 heavy (non-hydrogen) atoms. The van der Waals surface area contributed by atoms with Crippen molar-refractivity contribution in [2.75, 3.05) is 31.3 Å². The van der Waals surface area contributed by atoms with Crippen LogP contribution in [-0.4, -0.2) is 37.5 Å². The van der Waals surface area contributed by atoms with E-state index < -0.39 is 5.97 Å². The van der Waals surface area contributed by atoms with Gasteiger partial charge < -0.3 is 29.0 Å². The van der Waals surface area contributed by atoms with Crippen molar-refractivity contribution in [3.63, 3.8) is 0 Å². The fourth-order valence-corrected chi connectivity index (χ4v) is 7.60. The number of ether oxygens (including phenoxy) is 4. The van der Waals surface area contributed by atoms with E-state index in [-0.39, 0.29) is 5.57 Å². The molecule has 0 bridgehead atoms. The lowest BCUT2D eigenvalue weighted by Crippen LogP contribution is -2.15. The Morgan fingerprint density at radius 1 is 0.682 bits per heavy atom. The zero-order valence-electron chi connectivity index (χ0n) is 23.2. The summed E-state index contributed by atoms with van der Waals surface area (Å²) in [5.74, 6) is 0.907. The van der Waals surface area contributed by atoms with Crippen LogP contribution < -0.4 is 23.8 Å². The third kappa shape index (κ3) is 5.02. The maximum atomic E-state index is 11.6. The zero-order valence-corrected chi connectivity index (χ0v) is 24.8. The van der Waals surface area contributed by atoms with Gasteiger partial charge in [-0.3, -0.25) is 0 Å². The summed E-state index contributed by atoms with van der Waals surface area (Å²) in [6.07, 6.45) is 1.33. The van der Waals surface area contributed by atoms with Gasteiger partial charge in [-0.2, -0.15) is 5.26 Å². The molecule has 0 saturated heterocycles. The maximum Gasteiger partial charge on any atom is 0.346 e. The first-order chi connectivity index (χ1) is 21.6. The van der Waals surface area contributed by atoms with Gasteiger partial charge in [-0.25, -0.2) is 4.79 Å². The number of para-hydroxylation sites is 2. The van der Waals surface area contributed by atoms with E-state index >= 15 is 0 Å². The van der Waals surface area contributed by atoms with Crippen LogP contribution in [0.5, 0.6) is 23.0 Å². The minimum atomic E-state index is -1.30. The van der Waals surface area contributed by atoms with Crippen molar-refractivity contribution in [1.82, 2.24) is 0 Å². The quantitative estimate of drug-likeness (QED) is 0.144. The van der Waals surface area contributed by atoms with Crippen LogP contribution in [0.1, 0.15) is 4.88 Å². The zero-order chi connectivity index (χ0) is 30.0. The lowest BCUT2D eigenvalue weighted by Gasteiger charge is -2.25. The number of fused-ring (bicyclic) bond motifs is 2. The minimum Gasteiger partial charge on any atom is -0.485 e. The maximum absolute atomic E-state index is 11.6. The van der Waals surface area contributed by atoms with E-state index in [4.69, 9.17) is 18.9 Å². The summed E-state index contributed by atoms with van der Waals surface area (Å²) in [6, 6.07) is 30.5. The molecular formula is C34H24N2O6S2. The minimum absolute atomic E-state index is 0.321. The third-order valence-corrected chi connectivity index (χ3v) is 9.54. The van der Waals surface area contributed by atoms with Crippen LogP contribution in [0.2, 0.25) is 0 Å². The molecular weight excluding hydrogens is 597 g/mol. The number of carbonyl (C=O) groups is 1. The molecule has 0 radical (unpaired) electrons. The highest BCUT2D eigenvalue weighted by Gasteiger charge is 2.33. The normalized spacial score (nSPS) is 13.7. The van der Waals surface area contributed by atoms with Gasteiger partial charge in [0.2, 0.25) is 0 Å². The number of hydrogen-bond donors (Lipinski definition) is 1. The summed E-state index contributed by atoms with van der Waals surface area (Å²) in [5.41, 5.74) is 3.69. The second kappa shape index (κ2) is 11.8. The van der Waals surface area contributed by atoms with E-state index in [1.54, 1.807) is 6.07 Å². The Bertz CT molecular complexity index is 1870. The van der Waals surface area contributed by atoms with E-state index in [2.05, 4.69) is 53.4 Å². The molecule has 0 saturated carbocycles. The van der Waals surface area contributed by atoms with Crippen molar-refractivity contribution in [2.45, 2.75) is 0 Å². The number of hydrogen-bond acceptors (Lipinski definition) is 9. The Kier molecular flexibility index (Phi) is 7.40. The Balaban J connectivity index is 1.31. The van der Waals surface area contributed by atoms with Gasteiger partial charge in [-0.15, -0.1) is 22.7 Å². The van der Waals surface area contributed by atoms with Gasteiger partial charge in [-0.1, -0.05) is 48.5 Å². The lowest BCUT2D eigenvalue weighted by atomic mass is 10.1. The van der Waals surface area contributed by atoms with Crippen molar-refractivity contribution < 1.29 is 28.8 Å². The predicted octanol–water partition coefficient (Wildman–Crippen LogP) is 8.15. The highest BCUT2D eigenvalue weighted by atomic mass is 32.1. The van der Waals surface area contributed by atoms with Gasteiger partial charge in [0.15, 0.2) is 23.0 Å². The second-order valence-electron chi connectivity index (χ2n) is 9.79. The molecule has 2 aromatic heterocycles. The topological polar surface area (TPSA) is 101 Å². The summed E-state index contributed by atoms with van der Waals surface area (Å²) < 4.78 is 24.2. The predicted molar refractivity (Wildman–Crippen MR) is 171 cm³/mol. The van der Waals surface area contributed by atoms with E-state index in [1.165, 1.54) is 28.7 Å². The number of nitriles is 1. The molecule has 2 aliphatic heterocycles. The fraction of sp³-hybridized carbons (Fsp3) is 0.118. The van der Waals surface area contributed by atoms with E-state index in [0.29, 0.717) is 54.3 Å². The number of carboxylic acids is 1. The van der Waals surface area contributed by atoms with Crippen LogP contribution in [0.4, 0.5) is 17.1 Å². The summed E-state index contributed by atoms with van der Waals surface area (Å²) in [4.78, 5) is 16.7. The van der Waals surface area contributed by atoms with Gasteiger partial charge in [0.25, 0.3) is 0 Å². The van der Waals surface area contributed by atoms with E-state index in [9.17, 15) is 15.2 Å². The lowest BCUT2D eigenvalue weighted by molar-refractivity contribution is -0.132. The first-order valence-electron chi connectivity index (χ1n) is 13.8. The van der Waals surface area contributed by atoms with Gasteiger partial charge in [-0.05, 0) is 48.0 Å². The average molecular weight is 621 g/mol. The molecule has 5 aromatic rings. The molecule has 1 N–H and O–H groups in total. The van der Waals surface area contributed by atoms with Gasteiger partial charge >= 0.3 is 5.97 Å². The molecule has 2 aliphatic rings. The van der Waals surface area contributed by atoms with Crippen molar-refractivity contribution in [3.8, 4) is 49.3 Å². The number of thiophene rings is 2. The molecule has 7 rings (SSSR count). The average Bonchev–Trinajstić information content (AvgIpc) is 3.63. The monoisotopic (exact) mass is 620 g/mol. The molecule has 8 nitrogen and oxygen atoms in total. The van der Waals surface area contributed by atoms with Crippen LogP contribution in [0.25, 0.3) is 26.3 Å². The van der Waals surface area contributed by atoms with Crippen LogP contribution in [-0.2, 0) is 4.79 Å². The van der Waals surface area contributed by atoms with Crippen LogP contribution >= 0.6 is 22.7 Å².